The Morgan fingerprint density at radius 1 is 0.765 bits per heavy atom. The lowest BCUT2D eigenvalue weighted by molar-refractivity contribution is -0.545. The lowest BCUT2D eigenvalue weighted by Crippen LogP contribution is -2.28. The summed E-state index contributed by atoms with van der Waals surface area (Å²) < 4.78 is 1.70. The number of rotatable bonds is 6. The zero-order valence-corrected chi connectivity index (χ0v) is 19.5. The molecule has 0 saturated carbocycles. The summed E-state index contributed by atoms with van der Waals surface area (Å²) in [7, 11) is 0. The zero-order chi connectivity index (χ0) is 23.5. The molecule has 1 heterocycles. The van der Waals surface area contributed by atoms with Crippen molar-refractivity contribution in [3.8, 4) is 0 Å². The average molecular weight is 463 g/mol. The van der Waals surface area contributed by atoms with Gasteiger partial charge in [-0.05, 0) is 35.7 Å². The lowest BCUT2D eigenvalue weighted by atomic mass is 9.97. The van der Waals surface area contributed by atoms with Crippen molar-refractivity contribution in [3.05, 3.63) is 143 Å². The molecule has 0 N–H and O–H groups in total. The highest BCUT2D eigenvalue weighted by Gasteiger charge is 2.46. The van der Waals surface area contributed by atoms with Crippen LogP contribution in [0.15, 0.2) is 126 Å². The smallest absolute Gasteiger partial charge is 0.210 e. The molecule has 4 aromatic rings. The van der Waals surface area contributed by atoms with Gasteiger partial charge >= 0.3 is 0 Å². The molecule has 0 radical (unpaired) electrons. The summed E-state index contributed by atoms with van der Waals surface area (Å²) in [5, 5.41) is 14.9. The second kappa shape index (κ2) is 9.12. The van der Waals surface area contributed by atoms with Gasteiger partial charge in [0.1, 0.15) is 0 Å². The van der Waals surface area contributed by atoms with Crippen molar-refractivity contribution in [2.45, 2.75) is 12.5 Å². The highest BCUT2D eigenvalue weighted by molar-refractivity contribution is 6.30. The third-order valence-corrected chi connectivity index (χ3v) is 6.12. The molecule has 1 unspecified atom stereocenters. The van der Waals surface area contributed by atoms with E-state index < -0.39 is 5.54 Å². The second-order valence-electron chi connectivity index (χ2n) is 8.36. The molecule has 1 aliphatic heterocycles. The molecule has 0 spiro atoms. The molecule has 1 atom stereocenters. The Balaban J connectivity index is 1.69. The first-order valence-corrected chi connectivity index (χ1v) is 11.5. The van der Waals surface area contributed by atoms with Crippen LogP contribution in [-0.4, -0.2) is 22.0 Å². The molecule has 5 rings (SSSR count). The molecule has 0 aliphatic carbocycles. The van der Waals surface area contributed by atoms with Gasteiger partial charge in [0.25, 0.3) is 0 Å². The topological polar surface area (TPSA) is 38.4 Å². The van der Waals surface area contributed by atoms with Gasteiger partial charge in [0.15, 0.2) is 17.6 Å². The molecule has 4 heteroatoms. The zero-order valence-electron chi connectivity index (χ0n) is 18.7. The van der Waals surface area contributed by atoms with Crippen LogP contribution < -0.4 is 5.11 Å². The van der Waals surface area contributed by atoms with Crippen LogP contribution in [0.1, 0.15) is 23.6 Å². The fourth-order valence-corrected chi connectivity index (χ4v) is 4.22. The van der Waals surface area contributed by atoms with Crippen LogP contribution in [0.2, 0.25) is 5.02 Å². The predicted molar refractivity (Wildman–Crippen MR) is 138 cm³/mol. The van der Waals surface area contributed by atoms with Crippen molar-refractivity contribution in [3.63, 3.8) is 0 Å². The molecule has 0 aromatic heterocycles. The summed E-state index contributed by atoms with van der Waals surface area (Å²) >= 11 is 6.16. The van der Waals surface area contributed by atoms with Crippen LogP contribution in [-0.2, 0) is 0 Å². The largest absolute Gasteiger partial charge is 0.822 e. The first kappa shape index (κ1) is 21.9. The number of benzene rings is 4. The molecule has 4 aromatic carbocycles. The first-order valence-electron chi connectivity index (χ1n) is 11.1. The summed E-state index contributed by atoms with van der Waals surface area (Å²) in [6, 6.07) is 36.9. The Morgan fingerprint density at radius 3 is 1.79 bits per heavy atom. The summed E-state index contributed by atoms with van der Waals surface area (Å²) in [6.07, 6.45) is 1.91. The summed E-state index contributed by atoms with van der Waals surface area (Å²) in [5.41, 5.74) is 4.51. The normalized spacial score (nSPS) is 17.1. The molecular formula is C30H23ClN2O. The Kier molecular flexibility index (Phi) is 5.87. The van der Waals surface area contributed by atoms with E-state index >= 15 is 0 Å². The Labute approximate surface area is 204 Å². The van der Waals surface area contributed by atoms with Crippen LogP contribution in [0.5, 0.6) is 0 Å². The van der Waals surface area contributed by atoms with Crippen LogP contribution in [0.3, 0.4) is 0 Å². The minimum atomic E-state index is -0.574. The molecule has 34 heavy (non-hydrogen) atoms. The fraction of sp³-hybridized carbons (Fsp3) is 0.0667. The van der Waals surface area contributed by atoms with E-state index in [0.717, 1.165) is 28.1 Å². The van der Waals surface area contributed by atoms with Crippen LogP contribution >= 0.6 is 11.6 Å². The number of halogens is 1. The van der Waals surface area contributed by atoms with Crippen molar-refractivity contribution in [1.29, 1.82) is 0 Å². The van der Waals surface area contributed by atoms with E-state index in [4.69, 9.17) is 16.6 Å². The molecule has 3 nitrogen and oxygen atoms in total. The van der Waals surface area contributed by atoms with Gasteiger partial charge in [0, 0.05) is 22.7 Å². The fourth-order valence-electron chi connectivity index (χ4n) is 4.09. The van der Waals surface area contributed by atoms with E-state index in [0.29, 0.717) is 10.6 Å². The molecule has 0 fully saturated rings. The maximum absolute atomic E-state index is 14.3. The highest BCUT2D eigenvalue weighted by atomic mass is 35.5. The Bertz CT molecular complexity index is 1350. The van der Waals surface area contributed by atoms with E-state index in [1.54, 1.807) is 16.7 Å². The monoisotopic (exact) mass is 462 g/mol. The van der Waals surface area contributed by atoms with Crippen molar-refractivity contribution in [1.82, 2.24) is 0 Å². The quantitative estimate of drug-likeness (QED) is 0.194. The highest BCUT2D eigenvalue weighted by Crippen LogP contribution is 2.33. The number of nitrogens with zero attached hydrogens (tertiary/aromatic N) is 2. The van der Waals surface area contributed by atoms with Crippen LogP contribution in [0.25, 0.3) is 5.57 Å². The molecule has 166 valence electrons. The van der Waals surface area contributed by atoms with Gasteiger partial charge in [-0.3, -0.25) is 4.99 Å². The first-order chi connectivity index (χ1) is 16.5. The van der Waals surface area contributed by atoms with Gasteiger partial charge in [-0.15, -0.1) is 0 Å². The SMILES string of the molecule is CC1(/C=[N+](/C([O-])=C(c2ccccc2)c2ccccc2)c2ccc(Cl)cc2)N=C1c1ccccc1. The van der Waals surface area contributed by atoms with Crippen molar-refractivity contribution in [2.75, 3.05) is 0 Å². The van der Waals surface area contributed by atoms with Gasteiger partial charge in [-0.2, -0.15) is 4.58 Å². The third kappa shape index (κ3) is 4.43. The second-order valence-corrected chi connectivity index (χ2v) is 8.80. The summed E-state index contributed by atoms with van der Waals surface area (Å²) in [6.45, 7) is 2.02. The average Bonchev–Trinajstić information content (AvgIpc) is 3.56. The lowest BCUT2D eigenvalue weighted by Gasteiger charge is -2.18. The minimum absolute atomic E-state index is 0.129. The van der Waals surface area contributed by atoms with E-state index in [-0.39, 0.29) is 5.88 Å². The molecule has 0 saturated heterocycles. The Morgan fingerprint density at radius 2 is 1.26 bits per heavy atom. The van der Waals surface area contributed by atoms with Crippen molar-refractivity contribution < 1.29 is 9.68 Å². The predicted octanol–water partition coefficient (Wildman–Crippen LogP) is 6.09. The Hall–Kier alpha value is -3.95. The van der Waals surface area contributed by atoms with E-state index in [1.807, 2.05) is 116 Å². The maximum Gasteiger partial charge on any atom is 0.210 e. The van der Waals surface area contributed by atoms with Crippen molar-refractivity contribution in [2.24, 2.45) is 4.99 Å². The molecule has 0 bridgehead atoms. The maximum atomic E-state index is 14.3. The van der Waals surface area contributed by atoms with Gasteiger partial charge in [-0.1, -0.05) is 103 Å². The molecular weight excluding hydrogens is 440 g/mol. The van der Waals surface area contributed by atoms with Gasteiger partial charge < -0.3 is 5.11 Å². The number of aliphatic imine (C=N–C) groups is 1. The van der Waals surface area contributed by atoms with Crippen LogP contribution in [0, 0.1) is 0 Å². The summed E-state index contributed by atoms with van der Waals surface area (Å²) in [4.78, 5) is 4.76. The van der Waals surface area contributed by atoms with E-state index in [2.05, 4.69) is 0 Å². The standard InChI is InChI=1S/C30H23ClN2O/c1-30(28(32-30)24-15-9-4-10-16-24)21-33(26-19-17-25(31)18-20-26)29(34)27(22-11-5-2-6-12-22)23-13-7-3-8-14-23/h2-21H,1H3/b33-21+. The molecule has 1 aliphatic rings. The molecule has 0 amide bonds. The van der Waals surface area contributed by atoms with Gasteiger partial charge in [0.2, 0.25) is 5.69 Å². The minimum Gasteiger partial charge on any atom is -0.822 e. The number of hydrogen-bond donors (Lipinski definition) is 0. The van der Waals surface area contributed by atoms with Crippen LogP contribution in [0.4, 0.5) is 5.69 Å². The number of hydrogen-bond acceptors (Lipinski definition) is 2. The third-order valence-electron chi connectivity index (χ3n) is 5.86. The van der Waals surface area contributed by atoms with E-state index in [9.17, 15) is 5.11 Å². The van der Waals surface area contributed by atoms with Gasteiger partial charge in [-0.25, -0.2) is 0 Å². The van der Waals surface area contributed by atoms with Crippen molar-refractivity contribution >= 4 is 34.8 Å². The van der Waals surface area contributed by atoms with Gasteiger partial charge in [0.05, 0.1) is 5.71 Å². The van der Waals surface area contributed by atoms with E-state index in [1.165, 1.54) is 0 Å². The summed E-state index contributed by atoms with van der Waals surface area (Å²) in [5.74, 6) is -0.129.